The predicted molar refractivity (Wildman–Crippen MR) is 103 cm³/mol. The lowest BCUT2D eigenvalue weighted by atomic mass is 9.83. The molecule has 1 unspecified atom stereocenters. The first-order chi connectivity index (χ1) is 12.8. The van der Waals surface area contributed by atoms with Gasteiger partial charge in [0.05, 0.1) is 6.10 Å². The van der Waals surface area contributed by atoms with Crippen molar-refractivity contribution < 1.29 is 9.84 Å². The van der Waals surface area contributed by atoms with Crippen molar-refractivity contribution in [2.75, 3.05) is 13.2 Å². The zero-order valence-electron chi connectivity index (χ0n) is 14.6. The SMILES string of the molecule is OC(c1ccc2c(c1)CNCCO2)C(c1ccccc1)c1ccccc1. The summed E-state index contributed by atoms with van der Waals surface area (Å²) in [4.78, 5) is 0. The first kappa shape index (κ1) is 16.8. The number of fused-ring (bicyclic) bond motifs is 1. The molecular formula is C23H23NO2. The maximum Gasteiger partial charge on any atom is 0.123 e. The van der Waals surface area contributed by atoms with Crippen LogP contribution < -0.4 is 10.1 Å². The Morgan fingerprint density at radius 3 is 2.12 bits per heavy atom. The van der Waals surface area contributed by atoms with Crippen molar-refractivity contribution in [1.82, 2.24) is 5.32 Å². The first-order valence-corrected chi connectivity index (χ1v) is 9.07. The summed E-state index contributed by atoms with van der Waals surface area (Å²) in [7, 11) is 0. The molecule has 3 aromatic rings. The lowest BCUT2D eigenvalue weighted by Gasteiger charge is -2.25. The number of benzene rings is 3. The molecule has 0 aliphatic carbocycles. The Balaban J connectivity index is 1.73. The van der Waals surface area contributed by atoms with Crippen LogP contribution in [-0.2, 0) is 6.54 Å². The lowest BCUT2D eigenvalue weighted by molar-refractivity contribution is 0.159. The van der Waals surface area contributed by atoms with Gasteiger partial charge in [0.15, 0.2) is 0 Å². The van der Waals surface area contributed by atoms with E-state index >= 15 is 0 Å². The van der Waals surface area contributed by atoms with Crippen LogP contribution in [0.25, 0.3) is 0 Å². The van der Waals surface area contributed by atoms with Crippen molar-refractivity contribution in [3.63, 3.8) is 0 Å². The number of hydrogen-bond donors (Lipinski definition) is 2. The van der Waals surface area contributed by atoms with Gasteiger partial charge in [-0.1, -0.05) is 66.7 Å². The van der Waals surface area contributed by atoms with Gasteiger partial charge in [0, 0.05) is 24.6 Å². The summed E-state index contributed by atoms with van der Waals surface area (Å²) in [5, 5.41) is 14.7. The Hall–Kier alpha value is -2.62. The highest BCUT2D eigenvalue weighted by Crippen LogP contribution is 2.38. The highest BCUT2D eigenvalue weighted by atomic mass is 16.5. The van der Waals surface area contributed by atoms with Crippen LogP contribution in [-0.4, -0.2) is 18.3 Å². The number of aliphatic hydroxyl groups excluding tert-OH is 1. The topological polar surface area (TPSA) is 41.5 Å². The van der Waals surface area contributed by atoms with Crippen LogP contribution in [0.3, 0.4) is 0 Å². The fraction of sp³-hybridized carbons (Fsp3) is 0.217. The minimum atomic E-state index is -0.631. The van der Waals surface area contributed by atoms with E-state index in [2.05, 4.69) is 35.6 Å². The largest absolute Gasteiger partial charge is 0.492 e. The summed E-state index contributed by atoms with van der Waals surface area (Å²) in [5.74, 6) is 0.789. The molecule has 4 rings (SSSR count). The molecule has 3 nitrogen and oxygen atoms in total. The van der Waals surface area contributed by atoms with Gasteiger partial charge in [-0.15, -0.1) is 0 Å². The molecule has 0 spiro atoms. The van der Waals surface area contributed by atoms with Crippen molar-refractivity contribution in [2.24, 2.45) is 0 Å². The van der Waals surface area contributed by atoms with Crippen molar-refractivity contribution >= 4 is 0 Å². The smallest absolute Gasteiger partial charge is 0.123 e. The van der Waals surface area contributed by atoms with Gasteiger partial charge in [0.1, 0.15) is 12.4 Å². The standard InChI is InChI=1S/C23H23NO2/c25-23(19-11-12-21-20(15-19)16-24-13-14-26-21)22(17-7-3-1-4-8-17)18-9-5-2-6-10-18/h1-12,15,22-25H,13-14,16H2. The summed E-state index contributed by atoms with van der Waals surface area (Å²) in [5.41, 5.74) is 4.22. The highest BCUT2D eigenvalue weighted by molar-refractivity contribution is 5.42. The quantitative estimate of drug-likeness (QED) is 0.750. The summed E-state index contributed by atoms with van der Waals surface area (Å²) in [6.07, 6.45) is -0.631. The van der Waals surface area contributed by atoms with E-state index in [1.165, 1.54) is 0 Å². The molecule has 1 atom stereocenters. The molecule has 1 aliphatic heterocycles. The van der Waals surface area contributed by atoms with Crippen LogP contribution in [0, 0.1) is 0 Å². The normalized spacial score (nSPS) is 15.0. The van der Waals surface area contributed by atoms with E-state index in [9.17, 15) is 5.11 Å². The third-order valence-corrected chi connectivity index (χ3v) is 4.91. The zero-order chi connectivity index (χ0) is 17.8. The molecule has 1 aliphatic rings. The summed E-state index contributed by atoms with van der Waals surface area (Å²) in [6.45, 7) is 2.27. The molecule has 3 heteroatoms. The van der Waals surface area contributed by atoms with Gasteiger partial charge >= 0.3 is 0 Å². The average molecular weight is 345 g/mol. The second-order valence-corrected chi connectivity index (χ2v) is 6.64. The average Bonchev–Trinajstić information content (AvgIpc) is 2.94. The fourth-order valence-electron chi connectivity index (χ4n) is 3.59. The molecular weight excluding hydrogens is 322 g/mol. The van der Waals surface area contributed by atoms with E-state index < -0.39 is 6.10 Å². The molecule has 2 N–H and O–H groups in total. The van der Waals surface area contributed by atoms with Crippen LogP contribution in [0.4, 0.5) is 0 Å². The van der Waals surface area contributed by atoms with E-state index in [-0.39, 0.29) is 5.92 Å². The van der Waals surface area contributed by atoms with Gasteiger partial charge in [-0.25, -0.2) is 0 Å². The van der Waals surface area contributed by atoms with Gasteiger partial charge in [-0.3, -0.25) is 0 Å². The molecule has 0 saturated carbocycles. The molecule has 0 fully saturated rings. The van der Waals surface area contributed by atoms with Crippen LogP contribution in [0.5, 0.6) is 5.75 Å². The molecule has 132 valence electrons. The number of ether oxygens (including phenoxy) is 1. The molecule has 0 amide bonds. The van der Waals surface area contributed by atoms with Gasteiger partial charge < -0.3 is 15.2 Å². The number of rotatable bonds is 4. The Morgan fingerprint density at radius 1 is 0.808 bits per heavy atom. The van der Waals surface area contributed by atoms with E-state index in [0.717, 1.165) is 41.1 Å². The van der Waals surface area contributed by atoms with Crippen molar-refractivity contribution in [1.29, 1.82) is 0 Å². The lowest BCUT2D eigenvalue weighted by Crippen LogP contribution is -2.16. The molecule has 0 bridgehead atoms. The van der Waals surface area contributed by atoms with Gasteiger partial charge in [0.2, 0.25) is 0 Å². The van der Waals surface area contributed by atoms with Crippen molar-refractivity contribution in [2.45, 2.75) is 18.6 Å². The highest BCUT2D eigenvalue weighted by Gasteiger charge is 2.25. The second kappa shape index (κ2) is 7.73. The Labute approximate surface area is 154 Å². The third kappa shape index (κ3) is 3.50. The van der Waals surface area contributed by atoms with Crippen molar-refractivity contribution in [3.05, 3.63) is 101 Å². The Bertz CT molecular complexity index is 809. The van der Waals surface area contributed by atoms with Crippen molar-refractivity contribution in [3.8, 4) is 5.75 Å². The Kier molecular flexibility index (Phi) is 5.00. The minimum Gasteiger partial charge on any atom is -0.492 e. The third-order valence-electron chi connectivity index (χ3n) is 4.91. The molecule has 26 heavy (non-hydrogen) atoms. The van der Waals surface area contributed by atoms with Crippen LogP contribution in [0.1, 0.15) is 34.3 Å². The number of nitrogens with one attached hydrogen (secondary N) is 1. The van der Waals surface area contributed by atoms with Crippen LogP contribution in [0.2, 0.25) is 0 Å². The second-order valence-electron chi connectivity index (χ2n) is 6.64. The number of hydrogen-bond acceptors (Lipinski definition) is 3. The Morgan fingerprint density at radius 2 is 1.46 bits per heavy atom. The monoisotopic (exact) mass is 345 g/mol. The first-order valence-electron chi connectivity index (χ1n) is 9.07. The van der Waals surface area contributed by atoms with Gasteiger partial charge in [-0.2, -0.15) is 0 Å². The fourth-order valence-corrected chi connectivity index (χ4v) is 3.59. The van der Waals surface area contributed by atoms with E-state index in [1.54, 1.807) is 0 Å². The van der Waals surface area contributed by atoms with E-state index in [0.29, 0.717) is 6.61 Å². The summed E-state index contributed by atoms with van der Waals surface area (Å²) >= 11 is 0. The molecule has 3 aromatic carbocycles. The predicted octanol–water partition coefficient (Wildman–Crippen LogP) is 4.03. The number of aliphatic hydroxyl groups is 1. The summed E-state index contributed by atoms with van der Waals surface area (Å²) in [6, 6.07) is 26.4. The molecule has 0 saturated heterocycles. The van der Waals surface area contributed by atoms with Crippen LogP contribution in [0.15, 0.2) is 78.9 Å². The van der Waals surface area contributed by atoms with E-state index in [1.807, 2.05) is 48.5 Å². The van der Waals surface area contributed by atoms with Gasteiger partial charge in [-0.05, 0) is 28.8 Å². The van der Waals surface area contributed by atoms with Gasteiger partial charge in [0.25, 0.3) is 0 Å². The maximum absolute atomic E-state index is 11.3. The molecule has 1 heterocycles. The molecule has 0 radical (unpaired) electrons. The molecule has 0 aromatic heterocycles. The summed E-state index contributed by atoms with van der Waals surface area (Å²) < 4.78 is 5.77. The van der Waals surface area contributed by atoms with E-state index in [4.69, 9.17) is 4.74 Å². The van der Waals surface area contributed by atoms with Crippen LogP contribution >= 0.6 is 0 Å². The maximum atomic E-state index is 11.3. The zero-order valence-corrected chi connectivity index (χ0v) is 14.6. The minimum absolute atomic E-state index is 0.116.